The van der Waals surface area contributed by atoms with Crippen LogP contribution in [0.2, 0.25) is 0 Å². The number of thiophene rings is 1. The minimum atomic E-state index is -1.22. The number of aliphatic carboxylic acids is 1. The van der Waals surface area contributed by atoms with Gasteiger partial charge in [0.05, 0.1) is 0 Å². The van der Waals surface area contributed by atoms with Gasteiger partial charge in [-0.25, -0.2) is 4.79 Å². The van der Waals surface area contributed by atoms with E-state index >= 15 is 0 Å². The third kappa shape index (κ3) is 4.61. The summed E-state index contributed by atoms with van der Waals surface area (Å²) in [5, 5.41) is 18.0. The van der Waals surface area contributed by atoms with E-state index in [1.807, 2.05) is 30.3 Å². The zero-order chi connectivity index (χ0) is 22.5. The molecule has 0 bridgehead atoms. The SMILES string of the molecule is Cc1cccc(N(c2ccccc2)c2ccc(-c3ccc(/C=C(/C#N)C(=O)O)s3)cc2)c1. The van der Waals surface area contributed by atoms with Crippen LogP contribution in [0.4, 0.5) is 17.1 Å². The third-order valence-electron chi connectivity index (χ3n) is 4.95. The Hall–Kier alpha value is -4.14. The molecule has 0 aliphatic carbocycles. The molecule has 0 aliphatic heterocycles. The lowest BCUT2D eigenvalue weighted by molar-refractivity contribution is -0.132. The number of hydrogen-bond acceptors (Lipinski definition) is 4. The molecule has 5 heteroatoms. The second-order valence-corrected chi connectivity index (χ2v) is 8.35. The number of carbonyl (C=O) groups is 1. The van der Waals surface area contributed by atoms with Gasteiger partial charge < -0.3 is 10.0 Å². The summed E-state index contributed by atoms with van der Waals surface area (Å²) < 4.78 is 0. The molecule has 1 aromatic heterocycles. The number of aryl methyl sites for hydroxylation is 1. The largest absolute Gasteiger partial charge is 0.477 e. The first-order chi connectivity index (χ1) is 15.5. The van der Waals surface area contributed by atoms with Gasteiger partial charge in [0.25, 0.3) is 0 Å². The van der Waals surface area contributed by atoms with E-state index in [1.165, 1.54) is 23.0 Å². The van der Waals surface area contributed by atoms with E-state index in [-0.39, 0.29) is 5.57 Å². The number of carboxylic acid groups (broad SMARTS) is 1. The van der Waals surface area contributed by atoms with Gasteiger partial charge in [-0.3, -0.25) is 0 Å². The number of anilines is 3. The summed E-state index contributed by atoms with van der Waals surface area (Å²) in [6.07, 6.45) is 1.40. The lowest BCUT2D eigenvalue weighted by Gasteiger charge is -2.26. The summed E-state index contributed by atoms with van der Waals surface area (Å²) >= 11 is 1.45. The maximum Gasteiger partial charge on any atom is 0.346 e. The molecule has 0 amide bonds. The highest BCUT2D eigenvalue weighted by molar-refractivity contribution is 7.16. The zero-order valence-corrected chi connectivity index (χ0v) is 18.2. The van der Waals surface area contributed by atoms with E-state index in [4.69, 9.17) is 10.4 Å². The number of para-hydroxylation sites is 1. The molecule has 0 unspecified atom stereocenters. The predicted molar refractivity (Wildman–Crippen MR) is 130 cm³/mol. The van der Waals surface area contributed by atoms with Crippen LogP contribution in [-0.2, 0) is 4.79 Å². The molecule has 0 fully saturated rings. The molecule has 0 aliphatic rings. The van der Waals surface area contributed by atoms with Crippen molar-refractivity contribution in [1.82, 2.24) is 0 Å². The third-order valence-corrected chi connectivity index (χ3v) is 6.03. The van der Waals surface area contributed by atoms with Crippen molar-refractivity contribution in [3.63, 3.8) is 0 Å². The van der Waals surface area contributed by atoms with Crippen molar-refractivity contribution in [2.75, 3.05) is 4.90 Å². The molecule has 0 radical (unpaired) electrons. The van der Waals surface area contributed by atoms with Crippen molar-refractivity contribution >= 4 is 40.4 Å². The van der Waals surface area contributed by atoms with Crippen LogP contribution >= 0.6 is 11.3 Å². The quantitative estimate of drug-likeness (QED) is 0.257. The molecule has 1 heterocycles. The minimum Gasteiger partial charge on any atom is -0.477 e. The second kappa shape index (κ2) is 9.34. The van der Waals surface area contributed by atoms with Gasteiger partial charge in [-0.15, -0.1) is 11.3 Å². The van der Waals surface area contributed by atoms with Crippen LogP contribution in [0.3, 0.4) is 0 Å². The summed E-state index contributed by atoms with van der Waals surface area (Å²) in [5.74, 6) is -1.22. The number of nitrogens with zero attached hydrogens (tertiary/aromatic N) is 2. The average molecular weight is 437 g/mol. The molecule has 4 nitrogen and oxygen atoms in total. The summed E-state index contributed by atoms with van der Waals surface area (Å²) in [5.41, 5.74) is 5.16. The van der Waals surface area contributed by atoms with Gasteiger partial charge in [0.15, 0.2) is 0 Å². The molecule has 0 saturated carbocycles. The van der Waals surface area contributed by atoms with E-state index in [0.29, 0.717) is 0 Å². The summed E-state index contributed by atoms with van der Waals surface area (Å²) in [4.78, 5) is 15.0. The van der Waals surface area contributed by atoms with Crippen molar-refractivity contribution in [1.29, 1.82) is 5.26 Å². The molecule has 4 aromatic rings. The van der Waals surface area contributed by atoms with Crippen molar-refractivity contribution in [2.45, 2.75) is 6.92 Å². The van der Waals surface area contributed by atoms with Crippen LogP contribution in [-0.4, -0.2) is 11.1 Å². The van der Waals surface area contributed by atoms with Crippen molar-refractivity contribution in [2.24, 2.45) is 0 Å². The predicted octanol–water partition coefficient (Wildman–Crippen LogP) is 7.18. The maximum absolute atomic E-state index is 11.1. The van der Waals surface area contributed by atoms with Gasteiger partial charge >= 0.3 is 5.97 Å². The number of nitriles is 1. The van der Waals surface area contributed by atoms with Crippen LogP contribution < -0.4 is 4.90 Å². The van der Waals surface area contributed by atoms with Crippen molar-refractivity contribution < 1.29 is 9.90 Å². The molecule has 0 saturated heterocycles. The second-order valence-electron chi connectivity index (χ2n) is 7.23. The highest BCUT2D eigenvalue weighted by Gasteiger charge is 2.13. The Balaban J connectivity index is 1.68. The fourth-order valence-corrected chi connectivity index (χ4v) is 4.39. The monoisotopic (exact) mass is 436 g/mol. The molecule has 0 spiro atoms. The molecular weight excluding hydrogens is 416 g/mol. The van der Waals surface area contributed by atoms with E-state index < -0.39 is 5.97 Å². The first kappa shape index (κ1) is 21.1. The van der Waals surface area contributed by atoms with Crippen LogP contribution in [0, 0.1) is 18.3 Å². The van der Waals surface area contributed by atoms with E-state index in [0.717, 1.165) is 32.4 Å². The molecule has 32 heavy (non-hydrogen) atoms. The minimum absolute atomic E-state index is 0.273. The molecule has 1 N–H and O–H groups in total. The van der Waals surface area contributed by atoms with E-state index in [9.17, 15) is 4.79 Å². The summed E-state index contributed by atoms with van der Waals surface area (Å²) in [6, 6.07) is 32.4. The first-order valence-electron chi connectivity index (χ1n) is 10.0. The van der Waals surface area contributed by atoms with Gasteiger partial charge in [0, 0.05) is 26.8 Å². The van der Waals surface area contributed by atoms with Gasteiger partial charge in [-0.05, 0) is 72.7 Å². The molecular formula is C27H20N2O2S. The fraction of sp³-hybridized carbons (Fsp3) is 0.0370. The summed E-state index contributed by atoms with van der Waals surface area (Å²) in [7, 11) is 0. The van der Waals surface area contributed by atoms with Crippen molar-refractivity contribution in [3.05, 3.63) is 107 Å². The smallest absolute Gasteiger partial charge is 0.346 e. The van der Waals surface area contributed by atoms with Crippen LogP contribution in [0.1, 0.15) is 10.4 Å². The van der Waals surface area contributed by atoms with E-state index in [1.54, 1.807) is 6.07 Å². The number of rotatable bonds is 6. The molecule has 156 valence electrons. The highest BCUT2D eigenvalue weighted by atomic mass is 32.1. The van der Waals surface area contributed by atoms with Gasteiger partial charge in [0.1, 0.15) is 11.6 Å². The lowest BCUT2D eigenvalue weighted by atomic mass is 10.1. The number of hydrogen-bond donors (Lipinski definition) is 1. The fourth-order valence-electron chi connectivity index (χ4n) is 3.44. The number of carboxylic acids is 1. The Kier molecular flexibility index (Phi) is 6.16. The topological polar surface area (TPSA) is 64.3 Å². The maximum atomic E-state index is 11.1. The molecule has 4 rings (SSSR count). The Labute approximate surface area is 190 Å². The van der Waals surface area contributed by atoms with Gasteiger partial charge in [-0.2, -0.15) is 5.26 Å². The first-order valence-corrected chi connectivity index (χ1v) is 10.8. The molecule has 0 atom stereocenters. The Morgan fingerprint density at radius 1 is 0.906 bits per heavy atom. The van der Waals surface area contributed by atoms with Crippen LogP contribution in [0.5, 0.6) is 0 Å². The average Bonchev–Trinajstić information content (AvgIpc) is 3.27. The Morgan fingerprint density at radius 2 is 1.59 bits per heavy atom. The highest BCUT2D eigenvalue weighted by Crippen LogP contribution is 2.37. The normalized spacial score (nSPS) is 11.1. The number of benzene rings is 3. The van der Waals surface area contributed by atoms with Crippen LogP contribution in [0.15, 0.2) is 96.6 Å². The van der Waals surface area contributed by atoms with E-state index in [2.05, 4.69) is 72.5 Å². The van der Waals surface area contributed by atoms with Gasteiger partial charge in [-0.1, -0.05) is 42.5 Å². The standard InChI is InChI=1S/C27H20N2O2S/c1-19-6-5-9-24(16-19)29(22-7-3-2-4-8-22)23-12-10-20(11-13-23)26-15-14-25(32-26)17-21(18-28)27(30)31/h2-17H,1H3,(H,30,31)/b21-17-. The Bertz CT molecular complexity index is 1320. The van der Waals surface area contributed by atoms with Gasteiger partial charge in [0.2, 0.25) is 0 Å². The Morgan fingerprint density at radius 3 is 2.25 bits per heavy atom. The summed E-state index contributed by atoms with van der Waals surface area (Å²) in [6.45, 7) is 2.08. The van der Waals surface area contributed by atoms with Crippen molar-refractivity contribution in [3.8, 4) is 16.5 Å². The molecule has 3 aromatic carbocycles. The van der Waals surface area contributed by atoms with Crippen LogP contribution in [0.25, 0.3) is 16.5 Å². The lowest BCUT2D eigenvalue weighted by Crippen LogP contribution is -2.09. The zero-order valence-electron chi connectivity index (χ0n) is 17.4.